The van der Waals surface area contributed by atoms with Crippen LogP contribution in [0.4, 0.5) is 10.2 Å². The lowest BCUT2D eigenvalue weighted by atomic mass is 10.2. The Morgan fingerprint density at radius 1 is 1.37 bits per heavy atom. The number of carbonyl (C=O) groups is 1. The topological polar surface area (TPSA) is 65.8 Å². The molecule has 6 heteroatoms. The largest absolute Gasteiger partial charge is 0.307 e. The van der Waals surface area contributed by atoms with E-state index in [0.29, 0.717) is 5.56 Å². The van der Waals surface area contributed by atoms with Gasteiger partial charge in [0.05, 0.1) is 16.1 Å². The van der Waals surface area contributed by atoms with Crippen LogP contribution in [0.1, 0.15) is 15.9 Å². The van der Waals surface area contributed by atoms with Crippen molar-refractivity contribution in [3.8, 4) is 6.07 Å². The first-order valence-corrected chi connectivity index (χ1v) is 6.02. The van der Waals surface area contributed by atoms with Crippen molar-refractivity contribution in [3.05, 3.63) is 57.9 Å². The highest BCUT2D eigenvalue weighted by molar-refractivity contribution is 9.10. The Labute approximate surface area is 117 Å². The molecule has 1 aromatic heterocycles. The lowest BCUT2D eigenvalue weighted by Crippen LogP contribution is -2.13. The van der Waals surface area contributed by atoms with Crippen molar-refractivity contribution in [1.29, 1.82) is 5.26 Å². The maximum atomic E-state index is 13.3. The van der Waals surface area contributed by atoms with Gasteiger partial charge in [-0.05, 0) is 46.3 Å². The smallest absolute Gasteiger partial charge is 0.256 e. The molecule has 2 aromatic rings. The number of hydrogen-bond donors (Lipinski definition) is 1. The lowest BCUT2D eigenvalue weighted by molar-refractivity contribution is 0.102. The molecule has 19 heavy (non-hydrogen) atoms. The Morgan fingerprint density at radius 3 is 2.84 bits per heavy atom. The second kappa shape index (κ2) is 5.59. The predicted molar refractivity (Wildman–Crippen MR) is 71.0 cm³/mol. The summed E-state index contributed by atoms with van der Waals surface area (Å²) in [6.07, 6.45) is 1.41. The van der Waals surface area contributed by atoms with Gasteiger partial charge in [-0.1, -0.05) is 0 Å². The second-order valence-corrected chi connectivity index (χ2v) is 4.48. The number of anilines is 1. The number of hydrogen-bond acceptors (Lipinski definition) is 3. The van der Waals surface area contributed by atoms with Crippen LogP contribution in [0.15, 0.2) is 41.0 Å². The van der Waals surface area contributed by atoms with E-state index in [1.807, 2.05) is 6.07 Å². The van der Waals surface area contributed by atoms with Crippen molar-refractivity contribution in [3.63, 3.8) is 0 Å². The molecule has 1 heterocycles. The quantitative estimate of drug-likeness (QED) is 0.924. The van der Waals surface area contributed by atoms with Crippen LogP contribution in [0.2, 0.25) is 0 Å². The van der Waals surface area contributed by atoms with E-state index < -0.39 is 11.7 Å². The van der Waals surface area contributed by atoms with E-state index in [4.69, 9.17) is 5.26 Å². The van der Waals surface area contributed by atoms with E-state index in [-0.39, 0.29) is 15.9 Å². The molecule has 0 atom stereocenters. The second-order valence-electron chi connectivity index (χ2n) is 3.62. The minimum Gasteiger partial charge on any atom is -0.307 e. The standard InChI is InChI=1S/C13H7BrFN3O/c14-10-2-1-9(6-11(10)15)13(19)18-12-5-8(7-16)3-4-17-12/h1-6H,(H,17,18,19). The Morgan fingerprint density at radius 2 is 2.16 bits per heavy atom. The molecule has 1 amide bonds. The van der Waals surface area contributed by atoms with Gasteiger partial charge in [-0.3, -0.25) is 4.79 Å². The van der Waals surface area contributed by atoms with Crippen molar-refractivity contribution in [2.75, 3.05) is 5.32 Å². The summed E-state index contributed by atoms with van der Waals surface area (Å²) in [7, 11) is 0. The molecule has 0 spiro atoms. The first-order chi connectivity index (χ1) is 9.10. The highest BCUT2D eigenvalue weighted by Gasteiger charge is 2.09. The normalized spacial score (nSPS) is 9.74. The number of nitriles is 1. The van der Waals surface area contributed by atoms with Crippen LogP contribution in [0.5, 0.6) is 0 Å². The van der Waals surface area contributed by atoms with Crippen molar-refractivity contribution >= 4 is 27.7 Å². The van der Waals surface area contributed by atoms with E-state index in [1.54, 1.807) is 0 Å². The van der Waals surface area contributed by atoms with Gasteiger partial charge in [0, 0.05) is 11.8 Å². The third-order valence-electron chi connectivity index (χ3n) is 2.31. The van der Waals surface area contributed by atoms with E-state index in [0.717, 1.165) is 6.07 Å². The molecule has 0 radical (unpaired) electrons. The fourth-order valence-electron chi connectivity index (χ4n) is 1.39. The van der Waals surface area contributed by atoms with E-state index in [1.165, 1.54) is 30.5 Å². The number of aromatic nitrogens is 1. The summed E-state index contributed by atoms with van der Waals surface area (Å²) in [5.41, 5.74) is 0.553. The Kier molecular flexibility index (Phi) is 3.88. The molecule has 2 rings (SSSR count). The summed E-state index contributed by atoms with van der Waals surface area (Å²) in [6, 6.07) is 8.95. The molecule has 0 aliphatic carbocycles. The van der Waals surface area contributed by atoms with Crippen molar-refractivity contribution in [2.45, 2.75) is 0 Å². The van der Waals surface area contributed by atoms with Crippen molar-refractivity contribution in [1.82, 2.24) is 4.98 Å². The van der Waals surface area contributed by atoms with Gasteiger partial charge in [-0.15, -0.1) is 0 Å². The van der Waals surface area contributed by atoms with E-state index in [9.17, 15) is 9.18 Å². The van der Waals surface area contributed by atoms with Gasteiger partial charge in [-0.25, -0.2) is 9.37 Å². The molecule has 1 aromatic carbocycles. The minimum atomic E-state index is -0.522. The average Bonchev–Trinajstić information content (AvgIpc) is 2.42. The molecule has 0 fully saturated rings. The number of benzene rings is 1. The molecule has 0 aliphatic heterocycles. The molecular weight excluding hydrogens is 313 g/mol. The van der Waals surface area contributed by atoms with Gasteiger partial charge < -0.3 is 5.32 Å². The summed E-state index contributed by atoms with van der Waals surface area (Å²) in [6.45, 7) is 0. The van der Waals surface area contributed by atoms with E-state index in [2.05, 4.69) is 26.2 Å². The molecular formula is C13H7BrFN3O. The van der Waals surface area contributed by atoms with Crippen molar-refractivity contribution < 1.29 is 9.18 Å². The summed E-state index contributed by atoms with van der Waals surface area (Å²) >= 11 is 3.01. The van der Waals surface area contributed by atoms with Gasteiger partial charge >= 0.3 is 0 Å². The SMILES string of the molecule is N#Cc1ccnc(NC(=O)c2ccc(Br)c(F)c2)c1. The lowest BCUT2D eigenvalue weighted by Gasteiger charge is -2.05. The molecule has 0 aliphatic rings. The molecule has 0 saturated carbocycles. The number of halogens is 2. The minimum absolute atomic E-state index is 0.171. The van der Waals surface area contributed by atoms with Gasteiger partial charge in [0.15, 0.2) is 0 Å². The zero-order valence-electron chi connectivity index (χ0n) is 9.52. The first kappa shape index (κ1) is 13.2. The fourth-order valence-corrected chi connectivity index (χ4v) is 1.64. The van der Waals surface area contributed by atoms with Crippen LogP contribution in [-0.2, 0) is 0 Å². The van der Waals surface area contributed by atoms with Gasteiger partial charge in [0.2, 0.25) is 0 Å². The van der Waals surface area contributed by atoms with Crippen molar-refractivity contribution in [2.24, 2.45) is 0 Å². The molecule has 0 unspecified atom stereocenters. The molecule has 1 N–H and O–H groups in total. The average molecular weight is 320 g/mol. The third-order valence-corrected chi connectivity index (χ3v) is 2.96. The van der Waals surface area contributed by atoms with E-state index >= 15 is 0 Å². The van der Waals surface area contributed by atoms with Crippen LogP contribution in [0.25, 0.3) is 0 Å². The summed E-state index contributed by atoms with van der Waals surface area (Å²) in [5.74, 6) is -0.771. The van der Waals surface area contributed by atoms with Gasteiger partial charge in [0.1, 0.15) is 11.6 Å². The van der Waals surface area contributed by atoms with Crippen LogP contribution in [0.3, 0.4) is 0 Å². The fraction of sp³-hybridized carbons (Fsp3) is 0. The van der Waals surface area contributed by atoms with Crippen LogP contribution in [-0.4, -0.2) is 10.9 Å². The molecule has 94 valence electrons. The highest BCUT2D eigenvalue weighted by Crippen LogP contribution is 2.17. The number of amides is 1. The maximum Gasteiger partial charge on any atom is 0.256 e. The summed E-state index contributed by atoms with van der Waals surface area (Å²) < 4.78 is 13.6. The highest BCUT2D eigenvalue weighted by atomic mass is 79.9. The number of pyridine rings is 1. The van der Waals surface area contributed by atoms with Gasteiger partial charge in [0.25, 0.3) is 5.91 Å². The predicted octanol–water partition coefficient (Wildman–Crippen LogP) is 3.11. The number of carbonyl (C=O) groups excluding carboxylic acids is 1. The third kappa shape index (κ3) is 3.14. The first-order valence-electron chi connectivity index (χ1n) is 5.22. The monoisotopic (exact) mass is 319 g/mol. The summed E-state index contributed by atoms with van der Waals surface area (Å²) in [4.78, 5) is 15.8. The van der Waals surface area contributed by atoms with Gasteiger partial charge in [-0.2, -0.15) is 5.26 Å². The summed E-state index contributed by atoms with van der Waals surface area (Å²) in [5, 5.41) is 11.2. The van der Waals surface area contributed by atoms with Crippen LogP contribution >= 0.6 is 15.9 Å². The molecule has 0 saturated heterocycles. The zero-order chi connectivity index (χ0) is 13.8. The number of rotatable bonds is 2. The number of nitrogens with one attached hydrogen (secondary N) is 1. The number of nitrogens with zero attached hydrogens (tertiary/aromatic N) is 2. The zero-order valence-corrected chi connectivity index (χ0v) is 11.1. The Balaban J connectivity index is 2.21. The maximum absolute atomic E-state index is 13.3. The van der Waals surface area contributed by atoms with Crippen LogP contribution < -0.4 is 5.32 Å². The Bertz CT molecular complexity index is 682. The van der Waals surface area contributed by atoms with Crippen LogP contribution in [0, 0.1) is 17.1 Å². The molecule has 0 bridgehead atoms. The molecule has 4 nitrogen and oxygen atoms in total. The Hall–Kier alpha value is -2.26.